The van der Waals surface area contributed by atoms with Gasteiger partial charge in [0.2, 0.25) is 11.8 Å². The molecule has 0 bridgehead atoms. The van der Waals surface area contributed by atoms with Crippen LogP contribution in [0.1, 0.15) is 61.9 Å². The molecule has 9 heteroatoms. The van der Waals surface area contributed by atoms with Gasteiger partial charge in [-0.15, -0.1) is 0 Å². The highest BCUT2D eigenvalue weighted by atomic mass is 19.3. The Morgan fingerprint density at radius 2 is 1.77 bits per heavy atom. The summed E-state index contributed by atoms with van der Waals surface area (Å²) >= 11 is 0. The molecule has 31 heavy (non-hydrogen) atoms. The minimum absolute atomic E-state index is 0.0214. The van der Waals surface area contributed by atoms with E-state index in [4.69, 9.17) is 0 Å². The number of nitrogens with one attached hydrogen (secondary N) is 2. The van der Waals surface area contributed by atoms with Crippen molar-refractivity contribution in [2.24, 2.45) is 11.8 Å². The molecule has 170 valence electrons. The largest absolute Gasteiger partial charge is 0.361 e. The number of hydrogen-bond acceptors (Lipinski definition) is 3. The molecule has 0 radical (unpaired) electrons. The molecule has 2 saturated carbocycles. The number of aromatic nitrogens is 2. The first-order chi connectivity index (χ1) is 14.6. The summed E-state index contributed by atoms with van der Waals surface area (Å²) in [6.45, 7) is 0. The Kier molecular flexibility index (Phi) is 7.01. The Morgan fingerprint density at radius 3 is 2.42 bits per heavy atom. The highest BCUT2D eigenvalue weighted by molar-refractivity contribution is 6.03. The Morgan fingerprint density at radius 1 is 1.06 bits per heavy atom. The summed E-state index contributed by atoms with van der Waals surface area (Å²) in [6, 6.07) is 3.03. The summed E-state index contributed by atoms with van der Waals surface area (Å²) < 4.78 is 52.3. The van der Waals surface area contributed by atoms with Crippen molar-refractivity contribution in [1.29, 1.82) is 0 Å². The van der Waals surface area contributed by atoms with Crippen LogP contribution >= 0.6 is 0 Å². The van der Waals surface area contributed by atoms with Crippen molar-refractivity contribution < 1.29 is 22.4 Å². The van der Waals surface area contributed by atoms with E-state index >= 15 is 0 Å². The zero-order chi connectivity index (χ0) is 22.6. The number of alkyl halides is 4. The molecule has 2 N–H and O–H groups in total. The molecule has 2 heterocycles. The molecule has 2 fully saturated rings. The maximum absolute atomic E-state index is 13.2. The van der Waals surface area contributed by atoms with Crippen LogP contribution in [0.3, 0.4) is 0 Å². The van der Waals surface area contributed by atoms with E-state index in [2.05, 4.69) is 15.3 Å². The second-order valence-electron chi connectivity index (χ2n) is 8.41. The molecule has 0 saturated heterocycles. The predicted octanol–water partition coefficient (Wildman–Crippen LogP) is 4.92. The minimum atomic E-state index is -2.55. The van der Waals surface area contributed by atoms with Crippen LogP contribution in [-0.4, -0.2) is 34.8 Å². The molecular formula is C22H27F4N3O2. The van der Waals surface area contributed by atoms with Gasteiger partial charge in [0.15, 0.2) is 5.43 Å². The number of amides is 1. The van der Waals surface area contributed by atoms with E-state index in [-0.39, 0.29) is 54.5 Å². The number of carbonyl (C=O) groups is 1. The van der Waals surface area contributed by atoms with Gasteiger partial charge in [-0.25, -0.2) is 17.6 Å². The molecule has 2 aliphatic carbocycles. The number of nitrogens with zero attached hydrogens (tertiary/aromatic N) is 1. The lowest BCUT2D eigenvalue weighted by molar-refractivity contribution is -0.0851. The van der Waals surface area contributed by atoms with Crippen molar-refractivity contribution in [3.05, 3.63) is 40.4 Å². The van der Waals surface area contributed by atoms with Crippen molar-refractivity contribution >= 4 is 16.8 Å². The van der Waals surface area contributed by atoms with E-state index in [1.807, 2.05) is 0 Å². The van der Waals surface area contributed by atoms with E-state index in [0.29, 0.717) is 30.2 Å². The summed E-state index contributed by atoms with van der Waals surface area (Å²) in [5.41, 5.74) is 0.545. The van der Waals surface area contributed by atoms with Gasteiger partial charge >= 0.3 is 0 Å². The van der Waals surface area contributed by atoms with Gasteiger partial charge in [-0.1, -0.05) is 0 Å². The standard InChI is InChI=1S/C12H18F4.C10H9N3O2/c13-11(14)6-3-9(4-7-11)10-2-1-5-12(15,16)8-10;1-11-10(15)9-8-6(2-4-13-9)12-5-3-7(8)14/h9-10H,1-8H2;2-5H,1H3,(H,11,15)(H,12,14). The normalized spacial score (nSPS) is 22.9. The first-order valence-electron chi connectivity index (χ1n) is 10.6. The number of hydrogen-bond donors (Lipinski definition) is 2. The molecule has 1 amide bonds. The highest BCUT2D eigenvalue weighted by Crippen LogP contribution is 2.46. The average Bonchev–Trinajstić information content (AvgIpc) is 2.73. The maximum Gasteiger partial charge on any atom is 0.270 e. The van der Waals surface area contributed by atoms with Gasteiger partial charge in [0, 0.05) is 51.2 Å². The molecule has 2 aromatic rings. The third kappa shape index (κ3) is 5.83. The van der Waals surface area contributed by atoms with Crippen LogP contribution in [-0.2, 0) is 0 Å². The molecule has 0 aliphatic heterocycles. The second-order valence-corrected chi connectivity index (χ2v) is 8.41. The Hall–Kier alpha value is -2.45. The number of aromatic amines is 1. The molecule has 4 rings (SSSR count). The van der Waals surface area contributed by atoms with Crippen molar-refractivity contribution in [3.63, 3.8) is 0 Å². The lowest BCUT2D eigenvalue weighted by atomic mass is 9.72. The Balaban J connectivity index is 0.000000176. The van der Waals surface area contributed by atoms with E-state index in [0.717, 1.165) is 6.42 Å². The molecule has 1 unspecified atom stereocenters. The van der Waals surface area contributed by atoms with Crippen LogP contribution in [0.25, 0.3) is 10.9 Å². The van der Waals surface area contributed by atoms with Crippen molar-refractivity contribution in [3.8, 4) is 0 Å². The third-order valence-electron chi connectivity index (χ3n) is 6.22. The van der Waals surface area contributed by atoms with E-state index in [9.17, 15) is 27.2 Å². The quantitative estimate of drug-likeness (QED) is 0.650. The molecule has 1 atom stereocenters. The smallest absolute Gasteiger partial charge is 0.270 e. The van der Waals surface area contributed by atoms with Gasteiger partial charge in [0.05, 0.1) is 10.9 Å². The van der Waals surface area contributed by atoms with Crippen LogP contribution < -0.4 is 10.7 Å². The highest BCUT2D eigenvalue weighted by Gasteiger charge is 2.43. The van der Waals surface area contributed by atoms with Gasteiger partial charge in [-0.05, 0) is 43.6 Å². The number of rotatable bonds is 2. The van der Waals surface area contributed by atoms with Gasteiger partial charge in [-0.3, -0.25) is 14.6 Å². The first kappa shape index (κ1) is 23.2. The van der Waals surface area contributed by atoms with Crippen LogP contribution in [0.5, 0.6) is 0 Å². The molecule has 2 aliphatic rings. The lowest BCUT2D eigenvalue weighted by Crippen LogP contribution is -2.34. The average molecular weight is 441 g/mol. The summed E-state index contributed by atoms with van der Waals surface area (Å²) in [5, 5.41) is 2.77. The summed E-state index contributed by atoms with van der Waals surface area (Å²) in [7, 11) is 1.50. The zero-order valence-electron chi connectivity index (χ0n) is 17.4. The van der Waals surface area contributed by atoms with E-state index in [1.165, 1.54) is 25.5 Å². The predicted molar refractivity (Wildman–Crippen MR) is 110 cm³/mol. The van der Waals surface area contributed by atoms with Crippen LogP contribution in [0.15, 0.2) is 29.3 Å². The number of halogens is 4. The lowest BCUT2D eigenvalue weighted by Gasteiger charge is -2.38. The number of fused-ring (bicyclic) bond motifs is 1. The number of pyridine rings is 2. The number of carbonyl (C=O) groups excluding carboxylic acids is 1. The third-order valence-corrected chi connectivity index (χ3v) is 6.22. The molecule has 0 aromatic carbocycles. The van der Waals surface area contributed by atoms with Crippen molar-refractivity contribution in [2.75, 3.05) is 7.05 Å². The Bertz CT molecular complexity index is 961. The second kappa shape index (κ2) is 9.36. The summed E-state index contributed by atoms with van der Waals surface area (Å²) in [5.74, 6) is -5.39. The molecular weight excluding hydrogens is 414 g/mol. The monoisotopic (exact) mass is 441 g/mol. The van der Waals surface area contributed by atoms with Gasteiger partial charge in [0.1, 0.15) is 5.69 Å². The maximum atomic E-state index is 13.2. The van der Waals surface area contributed by atoms with Gasteiger partial charge < -0.3 is 10.3 Å². The topological polar surface area (TPSA) is 74.8 Å². The first-order valence-corrected chi connectivity index (χ1v) is 10.6. The fraction of sp³-hybridized carbons (Fsp3) is 0.591. The SMILES string of the molecule is CNC(=O)c1nccc2[nH]ccc(=O)c12.FC1(F)CCC(C2CCCC(F)(F)C2)CC1. The molecule has 0 spiro atoms. The number of H-pyrrole nitrogens is 1. The van der Waals surface area contributed by atoms with Crippen LogP contribution in [0.4, 0.5) is 17.6 Å². The molecule has 2 aromatic heterocycles. The fourth-order valence-corrected chi connectivity index (χ4v) is 4.56. The molecule has 5 nitrogen and oxygen atoms in total. The van der Waals surface area contributed by atoms with Crippen LogP contribution in [0.2, 0.25) is 0 Å². The zero-order valence-corrected chi connectivity index (χ0v) is 17.4. The summed E-state index contributed by atoms with van der Waals surface area (Å²) in [6.07, 6.45) is 4.90. The van der Waals surface area contributed by atoms with E-state index in [1.54, 1.807) is 6.07 Å². The van der Waals surface area contributed by atoms with Gasteiger partial charge in [0.25, 0.3) is 5.91 Å². The van der Waals surface area contributed by atoms with E-state index < -0.39 is 11.8 Å². The fourth-order valence-electron chi connectivity index (χ4n) is 4.56. The Labute approximate surface area is 177 Å². The summed E-state index contributed by atoms with van der Waals surface area (Å²) in [4.78, 5) is 29.8. The minimum Gasteiger partial charge on any atom is -0.361 e. The van der Waals surface area contributed by atoms with Gasteiger partial charge in [-0.2, -0.15) is 0 Å². The van der Waals surface area contributed by atoms with Crippen molar-refractivity contribution in [2.45, 2.75) is 63.2 Å². The van der Waals surface area contributed by atoms with Crippen LogP contribution in [0, 0.1) is 11.8 Å². The van der Waals surface area contributed by atoms with Crippen molar-refractivity contribution in [1.82, 2.24) is 15.3 Å².